The highest BCUT2D eigenvalue weighted by Gasteiger charge is 2.29. The van der Waals surface area contributed by atoms with Gasteiger partial charge in [-0.05, 0) is 28.7 Å². The van der Waals surface area contributed by atoms with Gasteiger partial charge in [0.05, 0.1) is 39.1 Å². The SMILES string of the molecule is CC[C@H](COCCOCCOC)NC(=O)OCC1c2ccccc2-c2ccccc21. The number of nitrogens with one attached hydrogen (secondary N) is 1. The van der Waals surface area contributed by atoms with Gasteiger partial charge in [-0.3, -0.25) is 0 Å². The molecule has 0 aliphatic heterocycles. The number of methoxy groups -OCH3 is 1. The van der Waals surface area contributed by atoms with Crippen LogP contribution in [0.3, 0.4) is 0 Å². The first-order valence-corrected chi connectivity index (χ1v) is 10.5. The Morgan fingerprint density at radius 3 is 2.17 bits per heavy atom. The topological polar surface area (TPSA) is 66.0 Å². The Hall–Kier alpha value is -2.41. The lowest BCUT2D eigenvalue weighted by Crippen LogP contribution is -2.38. The number of rotatable bonds is 12. The highest BCUT2D eigenvalue weighted by atomic mass is 16.6. The van der Waals surface area contributed by atoms with E-state index < -0.39 is 6.09 Å². The number of amides is 1. The second-order valence-electron chi connectivity index (χ2n) is 7.26. The standard InChI is InChI=1S/C24H31NO5/c1-3-18(16-29-15-14-28-13-12-27-2)25-24(26)30-17-23-21-10-6-4-8-19(21)20-9-5-7-11-22(20)23/h4-11,18,23H,3,12-17H2,1-2H3,(H,25,26)/t18-/m1/s1. The summed E-state index contributed by atoms with van der Waals surface area (Å²) in [6.07, 6.45) is 0.345. The number of carbonyl (C=O) groups is 1. The van der Waals surface area contributed by atoms with Crippen LogP contribution >= 0.6 is 0 Å². The number of fused-ring (bicyclic) bond motifs is 3. The average molecular weight is 414 g/mol. The van der Waals surface area contributed by atoms with Crippen LogP contribution < -0.4 is 5.32 Å². The molecule has 3 rings (SSSR count). The van der Waals surface area contributed by atoms with E-state index in [1.807, 2.05) is 31.2 Å². The normalized spacial score (nSPS) is 13.5. The van der Waals surface area contributed by atoms with Gasteiger partial charge < -0.3 is 24.3 Å². The molecule has 1 atom stereocenters. The van der Waals surface area contributed by atoms with Crippen LogP contribution in [-0.2, 0) is 18.9 Å². The predicted molar refractivity (Wildman–Crippen MR) is 116 cm³/mol. The zero-order valence-electron chi connectivity index (χ0n) is 17.8. The van der Waals surface area contributed by atoms with Crippen LogP contribution in [0, 0.1) is 0 Å². The van der Waals surface area contributed by atoms with Crippen molar-refractivity contribution in [2.75, 3.05) is 46.8 Å². The van der Waals surface area contributed by atoms with Crippen molar-refractivity contribution in [3.8, 4) is 11.1 Å². The average Bonchev–Trinajstić information content (AvgIpc) is 3.10. The van der Waals surface area contributed by atoms with Crippen molar-refractivity contribution in [2.24, 2.45) is 0 Å². The first-order valence-electron chi connectivity index (χ1n) is 10.5. The van der Waals surface area contributed by atoms with E-state index in [9.17, 15) is 4.79 Å². The molecule has 0 fully saturated rings. The molecule has 0 aromatic heterocycles. The largest absolute Gasteiger partial charge is 0.449 e. The van der Waals surface area contributed by atoms with Crippen LogP contribution in [0.15, 0.2) is 48.5 Å². The van der Waals surface area contributed by atoms with E-state index in [1.165, 1.54) is 22.3 Å². The Balaban J connectivity index is 1.45. The fraction of sp³-hybridized carbons (Fsp3) is 0.458. The third kappa shape index (κ3) is 5.81. The van der Waals surface area contributed by atoms with Crippen molar-refractivity contribution in [3.05, 3.63) is 59.7 Å². The third-order valence-electron chi connectivity index (χ3n) is 5.28. The molecule has 30 heavy (non-hydrogen) atoms. The molecule has 1 N–H and O–H groups in total. The van der Waals surface area contributed by atoms with E-state index in [-0.39, 0.29) is 12.0 Å². The van der Waals surface area contributed by atoms with Crippen molar-refractivity contribution >= 4 is 6.09 Å². The van der Waals surface area contributed by atoms with E-state index in [0.29, 0.717) is 39.6 Å². The number of ether oxygens (including phenoxy) is 4. The van der Waals surface area contributed by atoms with Gasteiger partial charge in [-0.25, -0.2) is 4.79 Å². The van der Waals surface area contributed by atoms with Crippen molar-refractivity contribution in [3.63, 3.8) is 0 Å². The van der Waals surface area contributed by atoms with Crippen LogP contribution in [0.25, 0.3) is 11.1 Å². The molecule has 6 heteroatoms. The van der Waals surface area contributed by atoms with Gasteiger partial charge >= 0.3 is 6.09 Å². The Kier molecular flexibility index (Phi) is 8.68. The first-order chi connectivity index (χ1) is 14.7. The van der Waals surface area contributed by atoms with Gasteiger partial charge in [-0.1, -0.05) is 55.5 Å². The number of alkyl carbamates (subject to hydrolysis) is 1. The molecule has 0 spiro atoms. The lowest BCUT2D eigenvalue weighted by Gasteiger charge is -2.19. The highest BCUT2D eigenvalue weighted by Crippen LogP contribution is 2.44. The van der Waals surface area contributed by atoms with Gasteiger partial charge in [0.25, 0.3) is 0 Å². The van der Waals surface area contributed by atoms with Gasteiger partial charge in [0.15, 0.2) is 0 Å². The highest BCUT2D eigenvalue weighted by molar-refractivity contribution is 5.79. The van der Waals surface area contributed by atoms with Crippen LogP contribution in [0.1, 0.15) is 30.4 Å². The maximum Gasteiger partial charge on any atom is 0.407 e. The van der Waals surface area contributed by atoms with Crippen molar-refractivity contribution in [1.82, 2.24) is 5.32 Å². The summed E-state index contributed by atoms with van der Waals surface area (Å²) in [6, 6.07) is 16.5. The molecule has 6 nitrogen and oxygen atoms in total. The molecule has 0 saturated heterocycles. The third-order valence-corrected chi connectivity index (χ3v) is 5.28. The van der Waals surface area contributed by atoms with E-state index >= 15 is 0 Å². The Bertz CT molecular complexity index is 764. The molecule has 2 aromatic rings. The molecule has 0 unspecified atom stereocenters. The molecule has 2 aromatic carbocycles. The zero-order valence-corrected chi connectivity index (χ0v) is 17.8. The Morgan fingerprint density at radius 1 is 0.933 bits per heavy atom. The monoisotopic (exact) mass is 413 g/mol. The summed E-state index contributed by atoms with van der Waals surface area (Å²) in [5.74, 6) is 0.0590. The summed E-state index contributed by atoms with van der Waals surface area (Å²) in [5.41, 5.74) is 4.84. The number of hydrogen-bond acceptors (Lipinski definition) is 5. The summed E-state index contributed by atoms with van der Waals surface area (Å²) in [5, 5.41) is 2.90. The fourth-order valence-corrected chi connectivity index (χ4v) is 3.66. The van der Waals surface area contributed by atoms with Gasteiger partial charge in [-0.2, -0.15) is 0 Å². The number of carbonyl (C=O) groups excluding carboxylic acids is 1. The van der Waals surface area contributed by atoms with Crippen LogP contribution in [0.2, 0.25) is 0 Å². The van der Waals surface area contributed by atoms with E-state index in [2.05, 4.69) is 29.6 Å². The van der Waals surface area contributed by atoms with Gasteiger partial charge in [0, 0.05) is 13.0 Å². The zero-order chi connectivity index (χ0) is 21.2. The Morgan fingerprint density at radius 2 is 1.53 bits per heavy atom. The molecule has 0 saturated carbocycles. The van der Waals surface area contributed by atoms with Crippen LogP contribution in [0.5, 0.6) is 0 Å². The first kappa shape index (κ1) is 22.3. The Labute approximate surface area is 178 Å². The van der Waals surface area contributed by atoms with E-state index in [1.54, 1.807) is 7.11 Å². The quantitative estimate of drug-likeness (QED) is 0.533. The maximum atomic E-state index is 12.4. The molecule has 1 aliphatic carbocycles. The smallest absolute Gasteiger partial charge is 0.407 e. The molecular weight excluding hydrogens is 382 g/mol. The van der Waals surface area contributed by atoms with Crippen LogP contribution in [-0.4, -0.2) is 58.9 Å². The molecule has 0 radical (unpaired) electrons. The van der Waals surface area contributed by atoms with E-state index in [4.69, 9.17) is 18.9 Å². The van der Waals surface area contributed by atoms with Crippen molar-refractivity contribution < 1.29 is 23.7 Å². The maximum absolute atomic E-state index is 12.4. The second kappa shape index (κ2) is 11.7. The molecule has 1 aliphatic rings. The molecule has 0 heterocycles. The second-order valence-corrected chi connectivity index (χ2v) is 7.26. The number of benzene rings is 2. The molecule has 1 amide bonds. The number of hydrogen-bond donors (Lipinski definition) is 1. The fourth-order valence-electron chi connectivity index (χ4n) is 3.66. The lowest BCUT2D eigenvalue weighted by atomic mass is 9.98. The molecule has 0 bridgehead atoms. The van der Waals surface area contributed by atoms with Crippen molar-refractivity contribution in [2.45, 2.75) is 25.3 Å². The minimum Gasteiger partial charge on any atom is -0.449 e. The molecular formula is C24H31NO5. The predicted octanol–water partition coefficient (Wildman–Crippen LogP) is 3.98. The minimum absolute atomic E-state index is 0.0590. The summed E-state index contributed by atoms with van der Waals surface area (Å²) in [4.78, 5) is 12.4. The summed E-state index contributed by atoms with van der Waals surface area (Å²) in [7, 11) is 1.64. The van der Waals surface area contributed by atoms with Gasteiger partial charge in [0.1, 0.15) is 6.61 Å². The molecule has 162 valence electrons. The van der Waals surface area contributed by atoms with Gasteiger partial charge in [-0.15, -0.1) is 0 Å². The summed E-state index contributed by atoms with van der Waals surface area (Å²) in [6.45, 7) is 4.85. The summed E-state index contributed by atoms with van der Waals surface area (Å²) >= 11 is 0. The van der Waals surface area contributed by atoms with Crippen LogP contribution in [0.4, 0.5) is 4.79 Å². The van der Waals surface area contributed by atoms with Crippen molar-refractivity contribution in [1.29, 1.82) is 0 Å². The minimum atomic E-state index is -0.413. The lowest BCUT2D eigenvalue weighted by molar-refractivity contribution is 0.0188. The summed E-state index contributed by atoms with van der Waals surface area (Å²) < 4.78 is 21.5. The van der Waals surface area contributed by atoms with E-state index in [0.717, 1.165) is 6.42 Å². The van der Waals surface area contributed by atoms with Gasteiger partial charge in [0.2, 0.25) is 0 Å².